The van der Waals surface area contributed by atoms with Crippen LogP contribution in [-0.2, 0) is 15.1 Å². The number of hydrogen-bond donors (Lipinski definition) is 2. The summed E-state index contributed by atoms with van der Waals surface area (Å²) in [6, 6.07) is 9.39. The quantitative estimate of drug-likeness (QED) is 0.832. The number of aromatic nitrogens is 1. The second-order valence-electron chi connectivity index (χ2n) is 7.35. The maximum Gasteiger partial charge on any atom is 0.252 e. The van der Waals surface area contributed by atoms with Gasteiger partial charge in [-0.1, -0.05) is 12.1 Å². The fourth-order valence-corrected chi connectivity index (χ4v) is 3.48. The van der Waals surface area contributed by atoms with E-state index in [1.807, 2.05) is 0 Å². The van der Waals surface area contributed by atoms with Gasteiger partial charge in [0.05, 0.1) is 5.54 Å². The molecule has 0 atom stereocenters. The van der Waals surface area contributed by atoms with E-state index in [4.69, 9.17) is 4.74 Å². The third kappa shape index (κ3) is 4.04. The van der Waals surface area contributed by atoms with Crippen LogP contribution in [-0.4, -0.2) is 30.0 Å². The summed E-state index contributed by atoms with van der Waals surface area (Å²) in [5.41, 5.74) is 0.639. The first-order valence-electron chi connectivity index (χ1n) is 9.49. The minimum atomic E-state index is -0.621. The van der Waals surface area contributed by atoms with E-state index in [-0.39, 0.29) is 23.5 Å². The number of carbonyl (C=O) groups excluding carboxylic acids is 2. The molecule has 4 rings (SSSR count). The van der Waals surface area contributed by atoms with E-state index in [2.05, 4.69) is 15.6 Å². The Balaban J connectivity index is 1.54. The molecular formula is C21H22FN3O3. The zero-order valence-corrected chi connectivity index (χ0v) is 15.4. The highest BCUT2D eigenvalue weighted by molar-refractivity contribution is 5.97. The van der Waals surface area contributed by atoms with Crippen LogP contribution in [0, 0.1) is 11.7 Å². The summed E-state index contributed by atoms with van der Waals surface area (Å²) < 4.78 is 18.8. The van der Waals surface area contributed by atoms with Crippen LogP contribution in [0.3, 0.4) is 0 Å². The number of pyridine rings is 1. The van der Waals surface area contributed by atoms with Crippen LogP contribution in [0.4, 0.5) is 10.2 Å². The lowest BCUT2D eigenvalue weighted by Crippen LogP contribution is -2.49. The van der Waals surface area contributed by atoms with Crippen molar-refractivity contribution in [2.75, 3.05) is 18.5 Å². The molecule has 2 aromatic rings. The summed E-state index contributed by atoms with van der Waals surface area (Å²) in [6.07, 6.45) is 4.50. The predicted octanol–water partition coefficient (Wildman–Crippen LogP) is 3.00. The van der Waals surface area contributed by atoms with E-state index in [0.717, 1.165) is 18.4 Å². The topological polar surface area (TPSA) is 80.3 Å². The van der Waals surface area contributed by atoms with E-state index < -0.39 is 5.54 Å². The van der Waals surface area contributed by atoms with Crippen molar-refractivity contribution in [1.29, 1.82) is 0 Å². The summed E-state index contributed by atoms with van der Waals surface area (Å²) >= 11 is 0. The van der Waals surface area contributed by atoms with Crippen molar-refractivity contribution in [2.45, 2.75) is 31.2 Å². The first-order chi connectivity index (χ1) is 13.6. The van der Waals surface area contributed by atoms with Crippen molar-refractivity contribution in [3.63, 3.8) is 0 Å². The molecular weight excluding hydrogens is 361 g/mol. The summed E-state index contributed by atoms with van der Waals surface area (Å²) in [5, 5.41) is 5.88. The van der Waals surface area contributed by atoms with Crippen molar-refractivity contribution in [3.05, 3.63) is 59.5 Å². The number of amides is 2. The summed E-state index contributed by atoms with van der Waals surface area (Å²) in [5.74, 6) is -0.217. The molecule has 6 nitrogen and oxygen atoms in total. The van der Waals surface area contributed by atoms with Crippen molar-refractivity contribution < 1.29 is 18.7 Å². The third-order valence-electron chi connectivity index (χ3n) is 5.32. The van der Waals surface area contributed by atoms with E-state index in [1.165, 1.54) is 18.3 Å². The Kier molecular flexibility index (Phi) is 5.09. The number of rotatable bonds is 5. The molecule has 1 saturated heterocycles. The number of halogens is 1. The van der Waals surface area contributed by atoms with Crippen LogP contribution < -0.4 is 10.6 Å². The Morgan fingerprint density at radius 2 is 1.82 bits per heavy atom. The maximum atomic E-state index is 13.4. The molecule has 28 heavy (non-hydrogen) atoms. The summed E-state index contributed by atoms with van der Waals surface area (Å²) in [4.78, 5) is 29.0. The van der Waals surface area contributed by atoms with Crippen molar-refractivity contribution in [3.8, 4) is 0 Å². The number of hydrogen-bond acceptors (Lipinski definition) is 4. The minimum Gasteiger partial charge on any atom is -0.381 e. The number of benzene rings is 1. The monoisotopic (exact) mass is 383 g/mol. The van der Waals surface area contributed by atoms with Crippen molar-refractivity contribution >= 4 is 17.6 Å². The van der Waals surface area contributed by atoms with Crippen molar-refractivity contribution in [1.82, 2.24) is 10.3 Å². The predicted molar refractivity (Wildman–Crippen MR) is 101 cm³/mol. The molecule has 2 heterocycles. The molecule has 0 bridgehead atoms. The molecule has 2 aliphatic rings. The lowest BCUT2D eigenvalue weighted by Gasteiger charge is -2.38. The molecule has 0 radical (unpaired) electrons. The normalized spacial score (nSPS) is 18.3. The Labute approximate surface area is 162 Å². The first kappa shape index (κ1) is 18.6. The molecule has 1 aliphatic heterocycles. The molecule has 1 saturated carbocycles. The molecule has 0 unspecified atom stereocenters. The first-order valence-corrected chi connectivity index (χ1v) is 9.49. The zero-order valence-electron chi connectivity index (χ0n) is 15.4. The highest BCUT2D eigenvalue weighted by atomic mass is 19.1. The van der Waals surface area contributed by atoms with Gasteiger partial charge >= 0.3 is 0 Å². The van der Waals surface area contributed by atoms with Crippen LogP contribution in [0.5, 0.6) is 0 Å². The smallest absolute Gasteiger partial charge is 0.252 e. The van der Waals surface area contributed by atoms with E-state index in [1.54, 1.807) is 24.3 Å². The van der Waals surface area contributed by atoms with Crippen LogP contribution in [0.15, 0.2) is 42.6 Å². The van der Waals surface area contributed by atoms with Crippen LogP contribution >= 0.6 is 0 Å². The third-order valence-corrected chi connectivity index (χ3v) is 5.32. The van der Waals surface area contributed by atoms with Gasteiger partial charge in [0, 0.05) is 30.9 Å². The van der Waals surface area contributed by atoms with E-state index >= 15 is 0 Å². The molecule has 2 amide bonds. The fraction of sp³-hybridized carbons (Fsp3) is 0.381. The molecule has 1 aromatic heterocycles. The Bertz CT molecular complexity index is 875. The lowest BCUT2D eigenvalue weighted by atomic mass is 9.82. The number of nitrogens with zero attached hydrogens (tertiary/aromatic N) is 1. The Morgan fingerprint density at radius 1 is 1.11 bits per heavy atom. The van der Waals surface area contributed by atoms with Gasteiger partial charge in [-0.05, 0) is 55.5 Å². The molecule has 1 aliphatic carbocycles. The van der Waals surface area contributed by atoms with Gasteiger partial charge in [-0.3, -0.25) is 9.59 Å². The highest BCUT2D eigenvalue weighted by Gasteiger charge is 2.36. The maximum absolute atomic E-state index is 13.4. The molecule has 146 valence electrons. The Morgan fingerprint density at radius 3 is 2.50 bits per heavy atom. The van der Waals surface area contributed by atoms with E-state index in [9.17, 15) is 14.0 Å². The van der Waals surface area contributed by atoms with Crippen LogP contribution in [0.2, 0.25) is 0 Å². The fourth-order valence-electron chi connectivity index (χ4n) is 3.48. The van der Waals surface area contributed by atoms with Gasteiger partial charge in [0.2, 0.25) is 5.91 Å². The standard InChI is InChI=1S/C21H22FN3O3/c22-17-5-3-16(4-6-17)21(8-11-28-12-9-21)25-20(27)15-7-10-23-18(13-15)24-19(26)14-1-2-14/h3-7,10,13-14H,1-2,8-9,11-12H2,(H,25,27)(H,23,24,26). The SMILES string of the molecule is O=C(NC1(c2ccc(F)cc2)CCOCC1)c1ccnc(NC(=O)C2CC2)c1. The Hall–Kier alpha value is -2.80. The summed E-state index contributed by atoms with van der Waals surface area (Å²) in [7, 11) is 0. The van der Waals surface area contributed by atoms with Gasteiger partial charge in [0.25, 0.3) is 5.91 Å². The van der Waals surface area contributed by atoms with Gasteiger partial charge in [-0.2, -0.15) is 0 Å². The van der Waals surface area contributed by atoms with Gasteiger partial charge < -0.3 is 15.4 Å². The van der Waals surface area contributed by atoms with Crippen molar-refractivity contribution in [2.24, 2.45) is 5.92 Å². The van der Waals surface area contributed by atoms with Crippen LogP contribution in [0.1, 0.15) is 41.6 Å². The van der Waals surface area contributed by atoms with Crippen LogP contribution in [0.25, 0.3) is 0 Å². The average Bonchev–Trinajstić information content (AvgIpc) is 3.55. The van der Waals surface area contributed by atoms with Gasteiger partial charge in [-0.25, -0.2) is 9.37 Å². The summed E-state index contributed by atoms with van der Waals surface area (Å²) in [6.45, 7) is 1.02. The van der Waals surface area contributed by atoms with Gasteiger partial charge in [0.1, 0.15) is 11.6 Å². The molecule has 2 N–H and O–H groups in total. The molecule has 2 fully saturated rings. The second kappa shape index (κ2) is 7.67. The van der Waals surface area contributed by atoms with Gasteiger partial charge in [0.15, 0.2) is 0 Å². The highest BCUT2D eigenvalue weighted by Crippen LogP contribution is 2.33. The van der Waals surface area contributed by atoms with E-state index in [0.29, 0.717) is 37.4 Å². The number of ether oxygens (including phenoxy) is 1. The largest absolute Gasteiger partial charge is 0.381 e. The number of nitrogens with one attached hydrogen (secondary N) is 2. The number of carbonyl (C=O) groups is 2. The molecule has 0 spiro atoms. The lowest BCUT2D eigenvalue weighted by molar-refractivity contribution is -0.117. The second-order valence-corrected chi connectivity index (χ2v) is 7.35. The minimum absolute atomic E-state index is 0.0581. The molecule has 7 heteroatoms. The number of anilines is 1. The van der Waals surface area contributed by atoms with Gasteiger partial charge in [-0.15, -0.1) is 0 Å². The molecule has 1 aromatic carbocycles. The zero-order chi connectivity index (χ0) is 19.6. The average molecular weight is 383 g/mol.